The van der Waals surface area contributed by atoms with Crippen LogP contribution in [-0.4, -0.2) is 98.1 Å². The maximum atomic E-state index is 13.2. The van der Waals surface area contributed by atoms with Gasteiger partial charge in [0.25, 0.3) is 0 Å². The summed E-state index contributed by atoms with van der Waals surface area (Å²) in [5.74, 6) is 0.830. The summed E-state index contributed by atoms with van der Waals surface area (Å²) in [5.41, 5.74) is 0.523. The second-order valence-corrected chi connectivity index (χ2v) is 17.9. The van der Waals surface area contributed by atoms with Crippen molar-refractivity contribution in [1.29, 1.82) is 0 Å². The Morgan fingerprint density at radius 1 is 0.854 bits per heavy atom. The number of carbonyl (C=O) groups excluding carboxylic acids is 1. The number of benzene rings is 2. The number of likely N-dealkylation sites (N-methyl/N-ethyl adjacent to an activating group) is 1. The van der Waals surface area contributed by atoms with Crippen LogP contribution in [0.4, 0.5) is 4.79 Å². The molecule has 6 rings (SSSR count). The van der Waals surface area contributed by atoms with Crippen LogP contribution in [0.25, 0.3) is 0 Å². The molecule has 4 heterocycles. The Kier molecular flexibility index (Phi) is 12.5. The molecule has 4 unspecified atom stereocenters. The maximum absolute atomic E-state index is 13.2. The molecule has 1 amide bonds. The molecule has 1 N–H and O–H groups in total. The second kappa shape index (κ2) is 15.7. The number of piperidine rings is 2. The highest BCUT2D eigenvalue weighted by Crippen LogP contribution is 2.40. The van der Waals surface area contributed by atoms with Gasteiger partial charge in [-0.1, -0.05) is 62.4 Å². The lowest BCUT2D eigenvalue weighted by Gasteiger charge is -2.41. The van der Waals surface area contributed by atoms with Gasteiger partial charge < -0.3 is 14.7 Å². The van der Waals surface area contributed by atoms with Gasteiger partial charge in [-0.05, 0) is 109 Å². The van der Waals surface area contributed by atoms with Gasteiger partial charge in [-0.15, -0.1) is 0 Å². The van der Waals surface area contributed by atoms with E-state index >= 15 is 0 Å². The van der Waals surface area contributed by atoms with E-state index in [9.17, 15) is 18.3 Å². The van der Waals surface area contributed by atoms with Gasteiger partial charge in [0.1, 0.15) is 5.60 Å². The number of fused-ring (bicyclic) bond motifs is 4. The van der Waals surface area contributed by atoms with E-state index in [1.165, 1.54) is 31.2 Å². The quantitative estimate of drug-likeness (QED) is 0.323. The van der Waals surface area contributed by atoms with Crippen molar-refractivity contribution < 1.29 is 23.1 Å². The van der Waals surface area contributed by atoms with Crippen LogP contribution < -0.4 is 0 Å². The summed E-state index contributed by atoms with van der Waals surface area (Å²) in [6, 6.07) is 21.0. The number of aliphatic hydroxyl groups is 1. The van der Waals surface area contributed by atoms with Crippen LogP contribution in [-0.2, 0) is 20.2 Å². The Morgan fingerprint density at radius 3 is 1.88 bits per heavy atom. The molecule has 10 heteroatoms. The summed E-state index contributed by atoms with van der Waals surface area (Å²) < 4.78 is 33.4. The van der Waals surface area contributed by atoms with E-state index < -0.39 is 15.6 Å². The monoisotopic (exact) mass is 678 g/mol. The van der Waals surface area contributed by atoms with Crippen molar-refractivity contribution in [2.24, 2.45) is 5.92 Å². The van der Waals surface area contributed by atoms with E-state index in [1.807, 2.05) is 37.8 Å². The van der Waals surface area contributed by atoms with Crippen molar-refractivity contribution in [3.63, 3.8) is 0 Å². The van der Waals surface area contributed by atoms with E-state index in [1.54, 1.807) is 35.6 Å². The molecule has 4 fully saturated rings. The molecule has 48 heavy (non-hydrogen) atoms. The van der Waals surface area contributed by atoms with E-state index in [0.29, 0.717) is 36.4 Å². The first kappa shape index (κ1) is 38.4. The zero-order valence-electron chi connectivity index (χ0n) is 29.9. The number of aliphatic hydroxyl groups excluding tert-OH is 1. The number of sulfonamides is 1. The van der Waals surface area contributed by atoms with Crippen LogP contribution in [0, 0.1) is 5.92 Å². The van der Waals surface area contributed by atoms with Crippen LogP contribution in [0.3, 0.4) is 0 Å². The third kappa shape index (κ3) is 9.03. The number of rotatable bonds is 8. The summed E-state index contributed by atoms with van der Waals surface area (Å²) >= 11 is 0. The molecule has 4 aliphatic heterocycles. The molecule has 0 saturated carbocycles. The van der Waals surface area contributed by atoms with Crippen molar-refractivity contribution >= 4 is 24.5 Å². The van der Waals surface area contributed by atoms with Crippen LogP contribution >= 0.6 is 0 Å². The lowest BCUT2D eigenvalue weighted by Crippen LogP contribution is -2.49. The summed E-state index contributed by atoms with van der Waals surface area (Å²) in [4.78, 5) is 16.9. The molecular formula is C38H57BN3O5S. The number of hydrogen-bond donors (Lipinski definition) is 1. The van der Waals surface area contributed by atoms with Crippen LogP contribution in [0.2, 0.25) is 0 Å². The molecule has 4 saturated heterocycles. The predicted octanol–water partition coefficient (Wildman–Crippen LogP) is 6.45. The standard InChI is InChI=1S/C26H36N2O2S.C12H21NO3.B/c1-21-18-23-14-15-24(19-21)28(23)17-16-26(2,22-10-6-4-7-11-22)20-27(3)31(29,30)25-12-8-5-9-13-25;1-12(2,3)16-11(15)13-8-4-5-9(13)7-10(14)6-8;/h4-13,21,23-24H,14-20H2,1-3H3;8-10,14H,4-7H2,1-3H3;/t21?,23?,24?,26-;;/m1../s1. The highest BCUT2D eigenvalue weighted by molar-refractivity contribution is 7.89. The Balaban J connectivity index is 0.000000258. The molecule has 2 aromatic carbocycles. The summed E-state index contributed by atoms with van der Waals surface area (Å²) in [6.45, 7) is 11.8. The lowest BCUT2D eigenvalue weighted by molar-refractivity contribution is -0.0110. The summed E-state index contributed by atoms with van der Waals surface area (Å²) in [7, 11) is -1.80. The second-order valence-electron chi connectivity index (χ2n) is 15.8. The van der Waals surface area contributed by atoms with Gasteiger partial charge in [0.15, 0.2) is 0 Å². The first-order valence-electron chi connectivity index (χ1n) is 17.7. The van der Waals surface area contributed by atoms with Crippen LogP contribution in [0.1, 0.15) is 98.0 Å². The number of hydrogen-bond acceptors (Lipinski definition) is 6. The molecule has 8 nitrogen and oxygen atoms in total. The van der Waals surface area contributed by atoms with Crippen molar-refractivity contribution in [1.82, 2.24) is 14.1 Å². The Labute approximate surface area is 291 Å². The maximum Gasteiger partial charge on any atom is 0.410 e. The van der Waals surface area contributed by atoms with Gasteiger partial charge >= 0.3 is 6.09 Å². The van der Waals surface area contributed by atoms with Crippen molar-refractivity contribution in [2.75, 3.05) is 20.1 Å². The molecule has 0 aromatic heterocycles. The van der Waals surface area contributed by atoms with Gasteiger partial charge in [0, 0.05) is 51.6 Å². The van der Waals surface area contributed by atoms with E-state index in [2.05, 4.69) is 43.0 Å². The normalized spacial score (nSPS) is 28.2. The minimum Gasteiger partial charge on any atom is -0.444 e. The molecule has 2 aromatic rings. The molecule has 5 atom stereocenters. The minimum absolute atomic E-state index is 0. The Morgan fingerprint density at radius 2 is 1.35 bits per heavy atom. The number of carbonyl (C=O) groups is 1. The van der Waals surface area contributed by atoms with E-state index in [4.69, 9.17) is 4.74 Å². The number of nitrogens with zero attached hydrogens (tertiary/aromatic N) is 3. The molecule has 0 aliphatic carbocycles. The Bertz CT molecular complexity index is 1410. The molecule has 263 valence electrons. The highest BCUT2D eigenvalue weighted by atomic mass is 32.2. The SMILES string of the molecule is CC(C)(C)OC(=O)N1C2CCC1CC(O)C2.CC1CC2CCC(C1)N2CC[C@](C)(CN(C)S(=O)(=O)c1ccccc1)c1ccccc1.[B]. The third-order valence-electron chi connectivity index (χ3n) is 10.8. The topological polar surface area (TPSA) is 90.4 Å². The summed E-state index contributed by atoms with van der Waals surface area (Å²) in [6.07, 6.45) is 9.16. The average Bonchev–Trinajstić information content (AvgIpc) is 3.44. The first-order valence-corrected chi connectivity index (χ1v) is 19.1. The fraction of sp³-hybridized carbons (Fsp3) is 0.658. The predicted molar refractivity (Wildman–Crippen MR) is 192 cm³/mol. The van der Waals surface area contributed by atoms with E-state index in [0.717, 1.165) is 31.7 Å². The molecule has 4 bridgehead atoms. The zero-order chi connectivity index (χ0) is 34.0. The van der Waals surface area contributed by atoms with Gasteiger partial charge in [-0.3, -0.25) is 4.90 Å². The molecular weight excluding hydrogens is 621 g/mol. The Hall–Kier alpha value is -2.40. The fourth-order valence-corrected chi connectivity index (χ4v) is 9.87. The van der Waals surface area contributed by atoms with Crippen molar-refractivity contribution in [3.8, 4) is 0 Å². The number of amides is 1. The summed E-state index contributed by atoms with van der Waals surface area (Å²) in [5, 5.41) is 9.64. The highest BCUT2D eigenvalue weighted by Gasteiger charge is 2.44. The molecule has 0 spiro atoms. The van der Waals surface area contributed by atoms with Gasteiger partial charge in [-0.2, -0.15) is 0 Å². The number of ether oxygens (including phenoxy) is 1. The largest absolute Gasteiger partial charge is 0.444 e. The van der Waals surface area contributed by atoms with Crippen LogP contribution in [0.5, 0.6) is 0 Å². The smallest absolute Gasteiger partial charge is 0.410 e. The minimum atomic E-state index is -3.52. The van der Waals surface area contributed by atoms with E-state index in [-0.39, 0.29) is 38.1 Å². The average molecular weight is 679 g/mol. The zero-order valence-corrected chi connectivity index (χ0v) is 30.7. The fourth-order valence-electron chi connectivity index (χ4n) is 8.55. The molecule has 4 aliphatic rings. The van der Waals surface area contributed by atoms with Gasteiger partial charge in [-0.25, -0.2) is 17.5 Å². The van der Waals surface area contributed by atoms with Gasteiger partial charge in [0.2, 0.25) is 10.0 Å². The molecule has 3 radical (unpaired) electrons. The van der Waals surface area contributed by atoms with Gasteiger partial charge in [0.05, 0.1) is 11.0 Å². The van der Waals surface area contributed by atoms with Crippen molar-refractivity contribution in [2.45, 2.75) is 139 Å². The van der Waals surface area contributed by atoms with Crippen molar-refractivity contribution in [3.05, 3.63) is 66.2 Å². The third-order valence-corrected chi connectivity index (χ3v) is 12.7. The first-order chi connectivity index (χ1) is 22.2. The van der Waals surface area contributed by atoms with Crippen LogP contribution in [0.15, 0.2) is 65.6 Å². The lowest BCUT2D eigenvalue weighted by atomic mass is 9.78.